The van der Waals surface area contributed by atoms with Crippen molar-refractivity contribution < 1.29 is 4.79 Å². The Morgan fingerprint density at radius 2 is 1.91 bits per heavy atom. The van der Waals surface area contributed by atoms with Crippen LogP contribution in [0.25, 0.3) is 0 Å². The number of carbonyl (C=O) groups excluding carboxylic acids is 1. The molecule has 0 spiro atoms. The highest BCUT2D eigenvalue weighted by atomic mass is 32.2. The smallest absolute Gasteiger partial charge is 0.235 e. The summed E-state index contributed by atoms with van der Waals surface area (Å²) in [7, 11) is 6.15. The molecule has 0 aliphatic carbocycles. The van der Waals surface area contributed by atoms with Crippen LogP contribution < -0.4 is 10.6 Å². The third kappa shape index (κ3) is 6.12. The highest BCUT2D eigenvalue weighted by Crippen LogP contribution is 2.39. The minimum absolute atomic E-state index is 0.335. The van der Waals surface area contributed by atoms with Gasteiger partial charge in [-0.25, -0.2) is 4.98 Å². The van der Waals surface area contributed by atoms with Gasteiger partial charge in [0.2, 0.25) is 5.91 Å². The summed E-state index contributed by atoms with van der Waals surface area (Å²) >= 11 is 1.17. The quantitative estimate of drug-likeness (QED) is 0.505. The summed E-state index contributed by atoms with van der Waals surface area (Å²) in [4.78, 5) is 23.8. The van der Waals surface area contributed by atoms with Crippen molar-refractivity contribution >= 4 is 23.5 Å². The summed E-state index contributed by atoms with van der Waals surface area (Å²) in [5.41, 5.74) is 7.89. The van der Waals surface area contributed by atoms with Crippen molar-refractivity contribution in [1.82, 2.24) is 14.8 Å². The second-order valence-corrected chi connectivity index (χ2v) is 10.1. The minimum atomic E-state index is -0.695. The van der Waals surface area contributed by atoms with Crippen LogP contribution in [0.5, 0.6) is 0 Å². The molecule has 1 saturated heterocycles. The van der Waals surface area contributed by atoms with E-state index < -0.39 is 11.2 Å². The van der Waals surface area contributed by atoms with Crippen LogP contribution in [0, 0.1) is 22.7 Å². The number of nitrogens with two attached hydrogens (primary N) is 1. The number of hydrogen-bond acceptors (Lipinski definition) is 8. The van der Waals surface area contributed by atoms with Crippen molar-refractivity contribution in [3.05, 3.63) is 52.6 Å². The molecule has 9 heteroatoms. The van der Waals surface area contributed by atoms with E-state index in [0.717, 1.165) is 31.6 Å². The van der Waals surface area contributed by atoms with Crippen LogP contribution in [0.1, 0.15) is 40.8 Å². The van der Waals surface area contributed by atoms with Gasteiger partial charge in [-0.1, -0.05) is 49.0 Å². The predicted molar refractivity (Wildman–Crippen MR) is 139 cm³/mol. The zero-order chi connectivity index (χ0) is 25.5. The molecule has 1 aliphatic rings. The molecule has 0 radical (unpaired) electrons. The predicted octanol–water partition coefficient (Wildman–Crippen LogP) is 2.78. The number of thioether (sulfide) groups is 1. The Bertz CT molecular complexity index is 1120. The average Bonchev–Trinajstić information content (AvgIpc) is 3.34. The van der Waals surface area contributed by atoms with Crippen molar-refractivity contribution in [3.63, 3.8) is 0 Å². The van der Waals surface area contributed by atoms with Crippen LogP contribution in [0.3, 0.4) is 0 Å². The zero-order valence-corrected chi connectivity index (χ0v) is 21.7. The van der Waals surface area contributed by atoms with Crippen LogP contribution in [0.2, 0.25) is 0 Å². The monoisotopic (exact) mass is 491 g/mol. The van der Waals surface area contributed by atoms with Crippen molar-refractivity contribution in [1.29, 1.82) is 10.5 Å². The molecule has 2 aromatic rings. The number of nitrogens with zero attached hydrogens (tertiary/aromatic N) is 6. The van der Waals surface area contributed by atoms with E-state index in [0.29, 0.717) is 46.5 Å². The van der Waals surface area contributed by atoms with E-state index in [1.807, 2.05) is 49.2 Å². The molecule has 1 amide bonds. The van der Waals surface area contributed by atoms with Crippen LogP contribution in [0.4, 0.5) is 5.82 Å². The fraction of sp³-hybridized carbons (Fsp3) is 0.462. The summed E-state index contributed by atoms with van der Waals surface area (Å²) in [6.45, 7) is 5.53. The highest BCUT2D eigenvalue weighted by Gasteiger charge is 2.28. The minimum Gasteiger partial charge on any atom is -0.368 e. The number of pyridine rings is 1. The van der Waals surface area contributed by atoms with Gasteiger partial charge in [-0.2, -0.15) is 10.5 Å². The van der Waals surface area contributed by atoms with E-state index in [9.17, 15) is 15.3 Å². The van der Waals surface area contributed by atoms with Gasteiger partial charge in [0.25, 0.3) is 0 Å². The molecule has 1 aromatic carbocycles. The first-order valence-electron chi connectivity index (χ1n) is 11.8. The van der Waals surface area contributed by atoms with Crippen LogP contribution in [0.15, 0.2) is 35.4 Å². The molecule has 1 unspecified atom stereocenters. The molecule has 1 fully saturated rings. The topological polar surface area (TPSA) is 113 Å². The van der Waals surface area contributed by atoms with Crippen molar-refractivity contribution in [2.24, 2.45) is 5.73 Å². The van der Waals surface area contributed by atoms with E-state index in [2.05, 4.69) is 36.0 Å². The molecule has 2 atom stereocenters. The highest BCUT2D eigenvalue weighted by molar-refractivity contribution is 8.00. The molecule has 3 rings (SSSR count). The van der Waals surface area contributed by atoms with E-state index in [-0.39, 0.29) is 0 Å². The first-order chi connectivity index (χ1) is 16.8. The van der Waals surface area contributed by atoms with Gasteiger partial charge in [0, 0.05) is 32.7 Å². The van der Waals surface area contributed by atoms with Crippen molar-refractivity contribution in [3.8, 4) is 12.1 Å². The molecular weight excluding hydrogens is 458 g/mol. The molecular formula is C26H33N7OS. The fourth-order valence-corrected chi connectivity index (χ4v) is 5.47. The number of aromatic nitrogens is 1. The number of primary amides is 1. The third-order valence-corrected chi connectivity index (χ3v) is 7.77. The molecule has 0 bridgehead atoms. The van der Waals surface area contributed by atoms with Gasteiger partial charge in [0.15, 0.2) is 0 Å². The summed E-state index contributed by atoms with van der Waals surface area (Å²) in [5.74, 6) is 0.0270. The van der Waals surface area contributed by atoms with E-state index in [1.165, 1.54) is 11.8 Å². The molecule has 1 aromatic heterocycles. The lowest BCUT2D eigenvalue weighted by Gasteiger charge is -2.26. The van der Waals surface area contributed by atoms with Gasteiger partial charge in [0.05, 0.1) is 11.1 Å². The lowest BCUT2D eigenvalue weighted by Crippen LogP contribution is -2.36. The second-order valence-electron chi connectivity index (χ2n) is 8.99. The Hall–Kier alpha value is -3.11. The number of nitriles is 2. The lowest BCUT2D eigenvalue weighted by molar-refractivity contribution is -0.117. The van der Waals surface area contributed by atoms with Gasteiger partial charge in [-0.3, -0.25) is 9.69 Å². The average molecular weight is 492 g/mol. The number of benzene rings is 1. The Morgan fingerprint density at radius 1 is 1.23 bits per heavy atom. The van der Waals surface area contributed by atoms with Crippen LogP contribution in [-0.2, 0) is 11.2 Å². The number of likely N-dealkylation sites (N-methyl/N-ethyl adjacent to an activating group) is 2. The van der Waals surface area contributed by atoms with Gasteiger partial charge in [-0.15, -0.1) is 0 Å². The van der Waals surface area contributed by atoms with Gasteiger partial charge < -0.3 is 15.5 Å². The number of rotatable bonds is 10. The Balaban J connectivity index is 1.93. The Morgan fingerprint density at radius 3 is 2.46 bits per heavy atom. The fourth-order valence-electron chi connectivity index (χ4n) is 4.41. The number of carbonyl (C=O) groups is 1. The molecule has 2 N–H and O–H groups in total. The number of likely N-dealkylation sites (tertiary alicyclic amines) is 1. The first-order valence-corrected chi connectivity index (χ1v) is 12.7. The zero-order valence-electron chi connectivity index (χ0n) is 20.9. The molecule has 8 nitrogen and oxygen atoms in total. The van der Waals surface area contributed by atoms with Gasteiger partial charge in [-0.05, 0) is 44.6 Å². The lowest BCUT2D eigenvalue weighted by atomic mass is 10.0. The van der Waals surface area contributed by atoms with Gasteiger partial charge >= 0.3 is 0 Å². The third-order valence-electron chi connectivity index (χ3n) is 6.51. The molecule has 1 aliphatic heterocycles. The number of anilines is 1. The van der Waals surface area contributed by atoms with E-state index >= 15 is 0 Å². The number of hydrogen-bond donors (Lipinski definition) is 1. The maximum atomic E-state index is 12.3. The standard InChI is InChI=1S/C26H33N7OS/c1-5-20-21(15-27)25(32(4)13-14-33-12-11-19(17-33)31(2)3)30-26(22(20)16-28)35-23(24(29)34)18-9-7-6-8-10-18/h6-10,19,23H,5,11-14,17H2,1-4H3,(H2,29,34)/t19-,23?/m0/s1. The Labute approximate surface area is 212 Å². The molecule has 35 heavy (non-hydrogen) atoms. The summed E-state index contributed by atoms with van der Waals surface area (Å²) in [6.07, 6.45) is 1.65. The largest absolute Gasteiger partial charge is 0.368 e. The summed E-state index contributed by atoms with van der Waals surface area (Å²) < 4.78 is 0. The molecule has 2 heterocycles. The Kier molecular flexibility index (Phi) is 9.11. The van der Waals surface area contributed by atoms with E-state index in [4.69, 9.17) is 10.7 Å². The summed E-state index contributed by atoms with van der Waals surface area (Å²) in [5, 5.41) is 19.7. The van der Waals surface area contributed by atoms with Crippen LogP contribution >= 0.6 is 11.8 Å². The molecule has 184 valence electrons. The van der Waals surface area contributed by atoms with E-state index in [1.54, 1.807) is 0 Å². The molecule has 0 saturated carbocycles. The maximum absolute atomic E-state index is 12.3. The van der Waals surface area contributed by atoms with Crippen LogP contribution in [-0.4, -0.2) is 74.1 Å². The summed E-state index contributed by atoms with van der Waals surface area (Å²) in [6, 6.07) is 14.3. The normalized spacial score (nSPS) is 16.6. The van der Waals surface area contributed by atoms with Gasteiger partial charge in [0.1, 0.15) is 28.2 Å². The van der Waals surface area contributed by atoms with Crippen molar-refractivity contribution in [2.75, 3.05) is 52.2 Å². The maximum Gasteiger partial charge on any atom is 0.235 e. The second kappa shape index (κ2) is 12.0. The number of amides is 1. The SMILES string of the molecule is CCc1c(C#N)c(SC(C(N)=O)c2ccccc2)nc(N(C)CCN2CC[C@H](N(C)C)C2)c1C#N. The van der Waals surface area contributed by atoms with Crippen molar-refractivity contribution in [2.45, 2.75) is 36.1 Å². The first kappa shape index (κ1) is 26.5.